The number of benzene rings is 1. The molecule has 0 radical (unpaired) electrons. The highest BCUT2D eigenvalue weighted by Gasteiger charge is 2.36. The number of rotatable bonds is 4. The number of H-pyrrole nitrogens is 1. The summed E-state index contributed by atoms with van der Waals surface area (Å²) in [5.41, 5.74) is 2.08. The Labute approximate surface area is 198 Å². The molecule has 5 aromatic rings. The quantitative estimate of drug-likeness (QED) is 0.406. The van der Waals surface area contributed by atoms with Crippen molar-refractivity contribution in [1.29, 1.82) is 0 Å². The largest absolute Gasteiger partial charge is 0.403 e. The van der Waals surface area contributed by atoms with Gasteiger partial charge in [0, 0.05) is 30.4 Å². The topological polar surface area (TPSA) is 108 Å². The Bertz CT molecular complexity index is 1550. The summed E-state index contributed by atoms with van der Waals surface area (Å²) in [6, 6.07) is 8.50. The van der Waals surface area contributed by atoms with Crippen molar-refractivity contribution >= 4 is 11.5 Å². The maximum absolute atomic E-state index is 14.4. The first-order valence-electron chi connectivity index (χ1n) is 11.1. The molecule has 0 unspecified atom stereocenters. The maximum Gasteiger partial charge on any atom is 0.319 e. The van der Waals surface area contributed by atoms with Gasteiger partial charge in [0.15, 0.2) is 0 Å². The molecule has 178 valence electrons. The predicted molar refractivity (Wildman–Crippen MR) is 122 cm³/mol. The van der Waals surface area contributed by atoms with E-state index in [0.717, 1.165) is 11.4 Å². The van der Waals surface area contributed by atoms with E-state index in [-0.39, 0.29) is 17.7 Å². The average Bonchev–Trinajstić information content (AvgIpc) is 3.56. The van der Waals surface area contributed by atoms with Crippen LogP contribution in [0.4, 0.5) is 14.8 Å². The Balaban J connectivity index is 1.43. The normalized spacial score (nSPS) is 16.1. The molecular formula is C24H21F2N7O2. The van der Waals surface area contributed by atoms with E-state index in [0.29, 0.717) is 35.3 Å². The van der Waals surface area contributed by atoms with E-state index in [9.17, 15) is 13.9 Å². The smallest absolute Gasteiger partial charge is 0.319 e. The number of aromatic nitrogens is 6. The van der Waals surface area contributed by atoms with E-state index in [2.05, 4.69) is 25.3 Å². The molecule has 0 saturated heterocycles. The van der Waals surface area contributed by atoms with Crippen LogP contribution >= 0.6 is 0 Å². The third-order valence-corrected chi connectivity index (χ3v) is 6.19. The van der Waals surface area contributed by atoms with Crippen LogP contribution in [-0.4, -0.2) is 41.4 Å². The first-order chi connectivity index (χ1) is 16.8. The van der Waals surface area contributed by atoms with Gasteiger partial charge in [0.25, 0.3) is 0 Å². The average molecular weight is 477 g/mol. The van der Waals surface area contributed by atoms with Gasteiger partial charge in [-0.2, -0.15) is 5.10 Å². The number of hydrogen-bond acceptors (Lipinski definition) is 7. The fourth-order valence-corrected chi connectivity index (χ4v) is 4.43. The van der Waals surface area contributed by atoms with Crippen molar-refractivity contribution in [2.24, 2.45) is 0 Å². The van der Waals surface area contributed by atoms with Crippen LogP contribution in [-0.2, 0) is 12.0 Å². The maximum atomic E-state index is 14.4. The number of nitrogens with one attached hydrogen (secondary N) is 1. The first kappa shape index (κ1) is 21.4. The zero-order valence-corrected chi connectivity index (χ0v) is 18.9. The molecule has 1 aliphatic rings. The third kappa shape index (κ3) is 3.64. The second kappa shape index (κ2) is 7.70. The van der Waals surface area contributed by atoms with Gasteiger partial charge in [-0.1, -0.05) is 5.10 Å². The number of imidazole rings is 1. The summed E-state index contributed by atoms with van der Waals surface area (Å²) in [6.45, 7) is 3.65. The lowest BCUT2D eigenvalue weighted by molar-refractivity contribution is 0.0783. The SMILES string of the molecule is CC(C)(O)c1cc(F)cc(-c2nnc(N3CCc4[nH]cnc4[C@H]3c3cc4c(F)cccn4n3)o2)c1. The van der Waals surface area contributed by atoms with Gasteiger partial charge >= 0.3 is 6.01 Å². The van der Waals surface area contributed by atoms with Gasteiger partial charge in [-0.05, 0) is 55.8 Å². The van der Waals surface area contributed by atoms with Crippen LogP contribution in [0, 0.1) is 11.6 Å². The molecule has 1 aromatic carbocycles. The molecule has 4 aromatic heterocycles. The van der Waals surface area contributed by atoms with Gasteiger partial charge in [-0.3, -0.25) is 0 Å². The molecule has 6 rings (SSSR count). The van der Waals surface area contributed by atoms with Crippen LogP contribution in [0.5, 0.6) is 0 Å². The summed E-state index contributed by atoms with van der Waals surface area (Å²) in [7, 11) is 0. The van der Waals surface area contributed by atoms with Gasteiger partial charge in [0.1, 0.15) is 23.2 Å². The summed E-state index contributed by atoms with van der Waals surface area (Å²) < 4.78 is 36.1. The van der Waals surface area contributed by atoms with Crippen molar-refractivity contribution in [2.75, 3.05) is 11.4 Å². The van der Waals surface area contributed by atoms with E-state index in [1.54, 1.807) is 44.6 Å². The molecule has 0 saturated carbocycles. The highest BCUT2D eigenvalue weighted by Crippen LogP contribution is 2.37. The van der Waals surface area contributed by atoms with Gasteiger partial charge in [0.2, 0.25) is 5.89 Å². The number of halogens is 2. The van der Waals surface area contributed by atoms with Crippen molar-refractivity contribution in [3.8, 4) is 11.5 Å². The number of aromatic amines is 1. The lowest BCUT2D eigenvalue weighted by Crippen LogP contribution is -2.36. The molecule has 0 amide bonds. The Morgan fingerprint density at radius 1 is 1.17 bits per heavy atom. The second-order valence-electron chi connectivity index (χ2n) is 9.04. The van der Waals surface area contributed by atoms with Gasteiger partial charge in [0.05, 0.1) is 23.3 Å². The van der Waals surface area contributed by atoms with Crippen molar-refractivity contribution < 1.29 is 18.3 Å². The second-order valence-corrected chi connectivity index (χ2v) is 9.04. The molecule has 0 fully saturated rings. The van der Waals surface area contributed by atoms with Gasteiger partial charge < -0.3 is 19.4 Å². The Morgan fingerprint density at radius 2 is 2.03 bits per heavy atom. The zero-order chi connectivity index (χ0) is 24.3. The minimum atomic E-state index is -1.24. The molecule has 1 atom stereocenters. The first-order valence-corrected chi connectivity index (χ1v) is 11.1. The van der Waals surface area contributed by atoms with E-state index in [1.807, 2.05) is 4.90 Å². The van der Waals surface area contributed by atoms with Gasteiger partial charge in [-0.25, -0.2) is 18.3 Å². The molecular weight excluding hydrogens is 456 g/mol. The minimum absolute atomic E-state index is 0.109. The van der Waals surface area contributed by atoms with Crippen LogP contribution in [0.3, 0.4) is 0 Å². The molecule has 5 heterocycles. The number of nitrogens with zero attached hydrogens (tertiary/aromatic N) is 6. The molecule has 0 aliphatic carbocycles. The minimum Gasteiger partial charge on any atom is -0.403 e. The van der Waals surface area contributed by atoms with E-state index in [1.165, 1.54) is 22.7 Å². The van der Waals surface area contributed by atoms with Crippen molar-refractivity contribution in [3.05, 3.63) is 83.2 Å². The zero-order valence-electron chi connectivity index (χ0n) is 18.9. The van der Waals surface area contributed by atoms with Crippen molar-refractivity contribution in [3.63, 3.8) is 0 Å². The summed E-state index contributed by atoms with van der Waals surface area (Å²) in [6.07, 6.45) is 3.94. The molecule has 0 spiro atoms. The summed E-state index contributed by atoms with van der Waals surface area (Å²) >= 11 is 0. The van der Waals surface area contributed by atoms with Crippen LogP contribution in [0.2, 0.25) is 0 Å². The van der Waals surface area contributed by atoms with E-state index in [4.69, 9.17) is 4.42 Å². The predicted octanol–water partition coefficient (Wildman–Crippen LogP) is 3.77. The Hall–Kier alpha value is -4.12. The van der Waals surface area contributed by atoms with Crippen LogP contribution < -0.4 is 4.90 Å². The number of anilines is 1. The highest BCUT2D eigenvalue weighted by molar-refractivity contribution is 5.57. The monoisotopic (exact) mass is 477 g/mol. The molecule has 35 heavy (non-hydrogen) atoms. The highest BCUT2D eigenvalue weighted by atomic mass is 19.1. The molecule has 11 heteroatoms. The van der Waals surface area contributed by atoms with Crippen molar-refractivity contribution in [2.45, 2.75) is 31.9 Å². The van der Waals surface area contributed by atoms with E-state index >= 15 is 0 Å². The lowest BCUT2D eigenvalue weighted by atomic mass is 9.96. The number of pyridine rings is 1. The van der Waals surface area contributed by atoms with Crippen molar-refractivity contribution in [1.82, 2.24) is 29.8 Å². The standard InChI is InChI=1S/C24H21F2N7O2/c1-24(2,34)14-8-13(9-15(25)10-14)22-29-30-23(35-22)32-7-5-17-20(28-12-27-17)21(32)18-11-19-16(26)4-3-6-33(19)31-18/h3-4,6,8-12,21,34H,5,7H2,1-2H3,(H,27,28)/t21-/m1/s1. The summed E-state index contributed by atoms with van der Waals surface area (Å²) in [5.74, 6) is -0.801. The van der Waals surface area contributed by atoms with Crippen LogP contribution in [0.15, 0.2) is 53.3 Å². The summed E-state index contributed by atoms with van der Waals surface area (Å²) in [4.78, 5) is 9.50. The van der Waals surface area contributed by atoms with Gasteiger partial charge in [-0.15, -0.1) is 5.10 Å². The number of fused-ring (bicyclic) bond motifs is 2. The third-order valence-electron chi connectivity index (χ3n) is 6.19. The number of hydrogen-bond donors (Lipinski definition) is 2. The number of aliphatic hydroxyl groups is 1. The van der Waals surface area contributed by atoms with Crippen LogP contribution in [0.1, 0.15) is 42.5 Å². The van der Waals surface area contributed by atoms with E-state index < -0.39 is 17.5 Å². The lowest BCUT2D eigenvalue weighted by Gasteiger charge is -2.32. The summed E-state index contributed by atoms with van der Waals surface area (Å²) in [5, 5.41) is 23.3. The fraction of sp³-hybridized carbons (Fsp3) is 0.250. The Morgan fingerprint density at radius 3 is 2.83 bits per heavy atom. The van der Waals surface area contributed by atoms with Crippen LogP contribution in [0.25, 0.3) is 17.0 Å². The fourth-order valence-electron chi connectivity index (χ4n) is 4.43. The Kier molecular flexibility index (Phi) is 4.71. The molecule has 1 aliphatic heterocycles. The molecule has 9 nitrogen and oxygen atoms in total. The molecule has 2 N–H and O–H groups in total. The molecule has 0 bridgehead atoms.